The van der Waals surface area contributed by atoms with Gasteiger partial charge in [0.2, 0.25) is 0 Å². The number of carbonyl (C=O) groups is 1. The average molecular weight is 349 g/mol. The van der Waals surface area contributed by atoms with Crippen LogP contribution < -0.4 is 0 Å². The highest BCUT2D eigenvalue weighted by Gasteiger charge is 2.35. The summed E-state index contributed by atoms with van der Waals surface area (Å²) in [5.74, 6) is -0.175. The molecule has 0 unspecified atom stereocenters. The molecule has 0 amide bonds. The van der Waals surface area contributed by atoms with Crippen LogP contribution in [0.25, 0.3) is 0 Å². The molecule has 1 aromatic heterocycles. The van der Waals surface area contributed by atoms with Gasteiger partial charge in [-0.1, -0.05) is 0 Å². The van der Waals surface area contributed by atoms with E-state index >= 15 is 0 Å². The first-order chi connectivity index (χ1) is 12.2. The summed E-state index contributed by atoms with van der Waals surface area (Å²) < 4.78 is 13.0. The molecule has 2 saturated heterocycles. The monoisotopic (exact) mass is 349 g/mol. The molecule has 138 valence electrons. The highest BCUT2D eigenvalue weighted by Crippen LogP contribution is 2.31. The van der Waals surface area contributed by atoms with Crippen LogP contribution in [0, 0.1) is 11.8 Å². The van der Waals surface area contributed by atoms with Crippen LogP contribution in [0.2, 0.25) is 0 Å². The van der Waals surface area contributed by atoms with Crippen molar-refractivity contribution in [2.45, 2.75) is 38.3 Å². The molecule has 25 heavy (non-hydrogen) atoms. The Morgan fingerprint density at radius 1 is 1.16 bits per heavy atom. The standard InChI is InChI=1S/C18H27N3O4/c22-18(23)15-9-20(7-14-3-6-25-11-14)10-16-17(15)21(12-19-16)8-13-1-4-24-5-2-13/h12-15H,1-11H2,(H,22,23)/t14-,15+/m0/s1. The zero-order valence-electron chi connectivity index (χ0n) is 14.6. The van der Waals surface area contributed by atoms with E-state index in [1.807, 2.05) is 6.33 Å². The lowest BCUT2D eigenvalue weighted by molar-refractivity contribution is -0.139. The highest BCUT2D eigenvalue weighted by molar-refractivity contribution is 5.76. The molecule has 0 aliphatic carbocycles. The second kappa shape index (κ2) is 7.43. The molecule has 1 N–H and O–H groups in total. The molecule has 0 radical (unpaired) electrons. The number of carboxylic acid groups (broad SMARTS) is 1. The maximum atomic E-state index is 11.9. The van der Waals surface area contributed by atoms with Crippen molar-refractivity contribution in [2.75, 3.05) is 39.5 Å². The Labute approximate surface area is 147 Å². The third kappa shape index (κ3) is 3.73. The zero-order valence-corrected chi connectivity index (χ0v) is 14.6. The average Bonchev–Trinajstić information content (AvgIpc) is 3.25. The summed E-state index contributed by atoms with van der Waals surface area (Å²) in [5.41, 5.74) is 1.85. The maximum Gasteiger partial charge on any atom is 0.313 e. The van der Waals surface area contributed by atoms with Crippen molar-refractivity contribution in [3.05, 3.63) is 17.7 Å². The fourth-order valence-electron chi connectivity index (χ4n) is 4.36. The topological polar surface area (TPSA) is 76.8 Å². The second-order valence-corrected chi connectivity index (χ2v) is 7.60. The fourth-order valence-corrected chi connectivity index (χ4v) is 4.36. The second-order valence-electron chi connectivity index (χ2n) is 7.60. The number of aromatic nitrogens is 2. The van der Waals surface area contributed by atoms with Gasteiger partial charge < -0.3 is 19.1 Å². The summed E-state index contributed by atoms with van der Waals surface area (Å²) in [4.78, 5) is 18.7. The van der Waals surface area contributed by atoms with Gasteiger partial charge >= 0.3 is 5.97 Å². The number of imidazole rings is 1. The summed E-state index contributed by atoms with van der Waals surface area (Å²) in [6, 6.07) is 0. The first-order valence-electron chi connectivity index (χ1n) is 9.35. The van der Waals surface area contributed by atoms with Crippen LogP contribution in [0.5, 0.6) is 0 Å². The van der Waals surface area contributed by atoms with Gasteiger partial charge in [0.1, 0.15) is 5.92 Å². The van der Waals surface area contributed by atoms with Gasteiger partial charge in [0.25, 0.3) is 0 Å². The van der Waals surface area contributed by atoms with Gasteiger partial charge in [0, 0.05) is 46.0 Å². The predicted octanol–water partition coefficient (Wildman–Crippen LogP) is 1.33. The van der Waals surface area contributed by atoms with Crippen molar-refractivity contribution in [3.63, 3.8) is 0 Å². The van der Waals surface area contributed by atoms with Crippen LogP contribution in [0.15, 0.2) is 6.33 Å². The normalized spacial score (nSPS) is 28.2. The third-order valence-corrected chi connectivity index (χ3v) is 5.74. The first kappa shape index (κ1) is 17.0. The van der Waals surface area contributed by atoms with Crippen molar-refractivity contribution >= 4 is 5.97 Å². The van der Waals surface area contributed by atoms with Gasteiger partial charge in [-0.15, -0.1) is 0 Å². The predicted molar refractivity (Wildman–Crippen MR) is 90.3 cm³/mol. The minimum absolute atomic E-state index is 0.492. The van der Waals surface area contributed by atoms with E-state index in [0.717, 1.165) is 76.7 Å². The Kier molecular flexibility index (Phi) is 5.05. The van der Waals surface area contributed by atoms with Crippen molar-refractivity contribution in [1.82, 2.24) is 14.5 Å². The van der Waals surface area contributed by atoms with E-state index in [2.05, 4.69) is 14.5 Å². The summed E-state index contributed by atoms with van der Waals surface area (Å²) in [7, 11) is 0. The van der Waals surface area contributed by atoms with Crippen LogP contribution in [-0.4, -0.2) is 65.0 Å². The van der Waals surface area contributed by atoms with Crippen molar-refractivity contribution < 1.29 is 19.4 Å². The molecule has 3 aliphatic heterocycles. The molecule has 2 atom stereocenters. The van der Waals surface area contributed by atoms with E-state index in [4.69, 9.17) is 9.47 Å². The number of fused-ring (bicyclic) bond motifs is 1. The Bertz CT molecular complexity index is 605. The highest BCUT2D eigenvalue weighted by atomic mass is 16.5. The Morgan fingerprint density at radius 3 is 2.64 bits per heavy atom. The molecule has 3 aliphatic rings. The first-order valence-corrected chi connectivity index (χ1v) is 9.35. The largest absolute Gasteiger partial charge is 0.481 e. The van der Waals surface area contributed by atoms with E-state index in [-0.39, 0.29) is 0 Å². The molecule has 1 aromatic rings. The molecule has 0 bridgehead atoms. The van der Waals surface area contributed by atoms with Gasteiger partial charge in [-0.2, -0.15) is 0 Å². The molecule has 4 heterocycles. The van der Waals surface area contributed by atoms with E-state index in [9.17, 15) is 9.90 Å². The quantitative estimate of drug-likeness (QED) is 0.864. The lowest BCUT2D eigenvalue weighted by Gasteiger charge is -2.33. The van der Waals surface area contributed by atoms with E-state index < -0.39 is 11.9 Å². The van der Waals surface area contributed by atoms with Crippen molar-refractivity contribution in [3.8, 4) is 0 Å². The molecule has 0 saturated carbocycles. The van der Waals surface area contributed by atoms with Gasteiger partial charge in [0.15, 0.2) is 0 Å². The van der Waals surface area contributed by atoms with Gasteiger partial charge in [0.05, 0.1) is 24.3 Å². The number of hydrogen-bond acceptors (Lipinski definition) is 5. The van der Waals surface area contributed by atoms with Gasteiger partial charge in [-0.05, 0) is 31.1 Å². The number of nitrogens with zero attached hydrogens (tertiary/aromatic N) is 3. The SMILES string of the molecule is O=C(O)[C@@H]1CN(C[C@@H]2CCOC2)Cc2ncn(CC3CCOCC3)c21. The van der Waals surface area contributed by atoms with Gasteiger partial charge in [-0.3, -0.25) is 9.69 Å². The molecule has 0 aromatic carbocycles. The maximum absolute atomic E-state index is 11.9. The number of ether oxygens (including phenoxy) is 2. The van der Waals surface area contributed by atoms with E-state index in [1.54, 1.807) is 0 Å². The molecular weight excluding hydrogens is 322 g/mol. The minimum Gasteiger partial charge on any atom is -0.481 e. The van der Waals surface area contributed by atoms with Crippen LogP contribution in [0.3, 0.4) is 0 Å². The van der Waals surface area contributed by atoms with E-state index in [1.165, 1.54) is 0 Å². The lowest BCUT2D eigenvalue weighted by Crippen LogP contribution is -2.40. The smallest absolute Gasteiger partial charge is 0.313 e. The molecular formula is C18H27N3O4. The van der Waals surface area contributed by atoms with Crippen LogP contribution in [-0.2, 0) is 27.4 Å². The Balaban J connectivity index is 1.50. The fraction of sp³-hybridized carbons (Fsp3) is 0.778. The summed E-state index contributed by atoms with van der Waals surface area (Å²) in [5, 5.41) is 9.80. The zero-order chi connectivity index (χ0) is 17.2. The molecule has 0 spiro atoms. The molecule has 2 fully saturated rings. The number of rotatable bonds is 5. The number of hydrogen-bond donors (Lipinski definition) is 1. The van der Waals surface area contributed by atoms with Crippen LogP contribution in [0.4, 0.5) is 0 Å². The molecule has 4 rings (SSSR count). The summed E-state index contributed by atoms with van der Waals surface area (Å²) in [6.07, 6.45) is 4.99. The molecule has 7 heteroatoms. The Morgan fingerprint density at radius 2 is 1.92 bits per heavy atom. The Hall–Kier alpha value is -1.44. The van der Waals surface area contributed by atoms with Crippen molar-refractivity contribution in [2.24, 2.45) is 11.8 Å². The van der Waals surface area contributed by atoms with Crippen LogP contribution >= 0.6 is 0 Å². The summed E-state index contributed by atoms with van der Waals surface area (Å²) >= 11 is 0. The number of carboxylic acids is 1. The van der Waals surface area contributed by atoms with Gasteiger partial charge in [-0.25, -0.2) is 4.98 Å². The summed E-state index contributed by atoms with van der Waals surface area (Å²) in [6.45, 7) is 6.30. The van der Waals surface area contributed by atoms with E-state index in [0.29, 0.717) is 18.4 Å². The lowest BCUT2D eigenvalue weighted by atomic mass is 9.95. The third-order valence-electron chi connectivity index (χ3n) is 5.74. The molecule has 7 nitrogen and oxygen atoms in total. The van der Waals surface area contributed by atoms with Crippen LogP contribution in [0.1, 0.15) is 36.6 Å². The number of aliphatic carboxylic acids is 1. The van der Waals surface area contributed by atoms with Crippen molar-refractivity contribution in [1.29, 1.82) is 0 Å². The minimum atomic E-state index is -0.748.